The Morgan fingerprint density at radius 2 is 1.85 bits per heavy atom. The van der Waals surface area contributed by atoms with E-state index in [0.29, 0.717) is 11.1 Å². The Morgan fingerprint density at radius 3 is 2.65 bits per heavy atom. The first-order valence-electron chi connectivity index (χ1n) is 6.32. The van der Waals surface area contributed by atoms with Gasteiger partial charge in [0.05, 0.1) is 5.52 Å². The van der Waals surface area contributed by atoms with Crippen molar-refractivity contribution < 1.29 is 9.18 Å². The molecule has 0 aliphatic heterocycles. The van der Waals surface area contributed by atoms with E-state index in [2.05, 4.69) is 4.98 Å². The summed E-state index contributed by atoms with van der Waals surface area (Å²) in [4.78, 5) is 17.0. The van der Waals surface area contributed by atoms with Crippen molar-refractivity contribution in [1.29, 1.82) is 0 Å². The number of nitrogens with zero attached hydrogens (tertiary/aromatic N) is 1. The SMILES string of the molecule is Cc1cc(C(=O)c2cccc(F)c2)c2ccccc2n1. The first kappa shape index (κ1) is 12.5. The fourth-order valence-corrected chi connectivity index (χ4v) is 2.28. The second-order valence-corrected chi connectivity index (χ2v) is 4.67. The van der Waals surface area contributed by atoms with E-state index in [0.717, 1.165) is 16.6 Å². The van der Waals surface area contributed by atoms with Crippen LogP contribution >= 0.6 is 0 Å². The number of halogens is 1. The Labute approximate surface area is 115 Å². The van der Waals surface area contributed by atoms with Crippen molar-refractivity contribution in [3.8, 4) is 0 Å². The summed E-state index contributed by atoms with van der Waals surface area (Å²) >= 11 is 0. The molecule has 2 aromatic carbocycles. The molecular weight excluding hydrogens is 253 g/mol. The zero-order valence-corrected chi connectivity index (χ0v) is 10.9. The highest BCUT2D eigenvalue weighted by Crippen LogP contribution is 2.21. The minimum atomic E-state index is -0.411. The maximum absolute atomic E-state index is 13.3. The third-order valence-corrected chi connectivity index (χ3v) is 3.18. The molecule has 0 bridgehead atoms. The zero-order chi connectivity index (χ0) is 14.1. The van der Waals surface area contributed by atoms with Crippen LogP contribution in [0.3, 0.4) is 0 Å². The molecule has 0 spiro atoms. The fourth-order valence-electron chi connectivity index (χ4n) is 2.28. The first-order chi connectivity index (χ1) is 9.65. The number of hydrogen-bond donors (Lipinski definition) is 0. The molecule has 0 amide bonds. The van der Waals surface area contributed by atoms with Gasteiger partial charge in [0.15, 0.2) is 5.78 Å². The van der Waals surface area contributed by atoms with Crippen LogP contribution in [0.25, 0.3) is 10.9 Å². The van der Waals surface area contributed by atoms with Gasteiger partial charge in [0, 0.05) is 22.2 Å². The summed E-state index contributed by atoms with van der Waals surface area (Å²) in [6.07, 6.45) is 0. The molecule has 20 heavy (non-hydrogen) atoms. The molecule has 0 saturated heterocycles. The Balaban J connectivity index is 2.21. The topological polar surface area (TPSA) is 30.0 Å². The van der Waals surface area contributed by atoms with Crippen molar-refractivity contribution in [3.63, 3.8) is 0 Å². The second kappa shape index (κ2) is 4.85. The van der Waals surface area contributed by atoms with E-state index in [-0.39, 0.29) is 5.78 Å². The molecule has 0 saturated carbocycles. The smallest absolute Gasteiger partial charge is 0.193 e. The molecule has 1 aromatic heterocycles. The van der Waals surface area contributed by atoms with Gasteiger partial charge in [-0.3, -0.25) is 9.78 Å². The molecule has 3 rings (SSSR count). The summed E-state index contributed by atoms with van der Waals surface area (Å²) in [5, 5.41) is 0.785. The van der Waals surface area contributed by atoms with Crippen molar-refractivity contribution in [2.75, 3.05) is 0 Å². The van der Waals surface area contributed by atoms with Crippen molar-refractivity contribution in [2.45, 2.75) is 6.92 Å². The van der Waals surface area contributed by atoms with Gasteiger partial charge in [-0.2, -0.15) is 0 Å². The number of benzene rings is 2. The Hall–Kier alpha value is -2.55. The van der Waals surface area contributed by atoms with Crippen LogP contribution in [0, 0.1) is 12.7 Å². The number of rotatable bonds is 2. The van der Waals surface area contributed by atoms with Crippen LogP contribution in [-0.4, -0.2) is 10.8 Å². The predicted molar refractivity (Wildman–Crippen MR) is 76.3 cm³/mol. The third kappa shape index (κ3) is 2.18. The number of para-hydroxylation sites is 1. The molecule has 3 heteroatoms. The van der Waals surface area contributed by atoms with Crippen LogP contribution < -0.4 is 0 Å². The first-order valence-corrected chi connectivity index (χ1v) is 6.32. The van der Waals surface area contributed by atoms with Crippen molar-refractivity contribution in [1.82, 2.24) is 4.98 Å². The largest absolute Gasteiger partial charge is 0.289 e. The molecule has 2 nitrogen and oxygen atoms in total. The molecule has 0 N–H and O–H groups in total. The van der Waals surface area contributed by atoms with E-state index >= 15 is 0 Å². The average Bonchev–Trinajstić information content (AvgIpc) is 2.45. The van der Waals surface area contributed by atoms with Gasteiger partial charge in [-0.05, 0) is 31.2 Å². The number of aryl methyl sites for hydroxylation is 1. The van der Waals surface area contributed by atoms with Crippen LogP contribution in [0.5, 0.6) is 0 Å². The number of pyridine rings is 1. The molecule has 0 radical (unpaired) electrons. The Kier molecular flexibility index (Phi) is 3.03. The maximum Gasteiger partial charge on any atom is 0.193 e. The maximum atomic E-state index is 13.3. The lowest BCUT2D eigenvalue weighted by molar-refractivity contribution is 0.103. The number of carbonyl (C=O) groups is 1. The average molecular weight is 265 g/mol. The Morgan fingerprint density at radius 1 is 1.05 bits per heavy atom. The number of carbonyl (C=O) groups excluding carboxylic acids is 1. The number of fused-ring (bicyclic) bond motifs is 1. The third-order valence-electron chi connectivity index (χ3n) is 3.18. The van der Waals surface area contributed by atoms with Crippen LogP contribution in [0.4, 0.5) is 4.39 Å². The number of hydrogen-bond acceptors (Lipinski definition) is 2. The quantitative estimate of drug-likeness (QED) is 0.657. The molecule has 0 aliphatic carbocycles. The lowest BCUT2D eigenvalue weighted by Crippen LogP contribution is -2.04. The molecule has 3 aromatic rings. The second-order valence-electron chi connectivity index (χ2n) is 4.67. The molecule has 1 heterocycles. The van der Waals surface area contributed by atoms with Gasteiger partial charge < -0.3 is 0 Å². The van der Waals surface area contributed by atoms with E-state index in [1.54, 1.807) is 18.2 Å². The van der Waals surface area contributed by atoms with Gasteiger partial charge in [-0.1, -0.05) is 30.3 Å². The molecule has 0 unspecified atom stereocenters. The summed E-state index contributed by atoms with van der Waals surface area (Å²) < 4.78 is 13.3. The van der Waals surface area contributed by atoms with Crippen LogP contribution in [0.15, 0.2) is 54.6 Å². The summed E-state index contributed by atoms with van der Waals surface area (Å²) in [6, 6.07) is 15.0. The van der Waals surface area contributed by atoms with Gasteiger partial charge in [-0.25, -0.2) is 4.39 Å². The normalized spacial score (nSPS) is 10.7. The molecular formula is C17H12FNO. The Bertz CT molecular complexity index is 811. The summed E-state index contributed by atoms with van der Waals surface area (Å²) in [5.74, 6) is -0.600. The standard InChI is InChI=1S/C17H12FNO/c1-11-9-15(14-7-2-3-8-16(14)19-11)17(20)12-5-4-6-13(18)10-12/h2-10H,1H3. The van der Waals surface area contributed by atoms with Crippen LogP contribution in [-0.2, 0) is 0 Å². The van der Waals surface area contributed by atoms with Gasteiger partial charge in [-0.15, -0.1) is 0 Å². The van der Waals surface area contributed by atoms with E-state index in [9.17, 15) is 9.18 Å². The summed E-state index contributed by atoms with van der Waals surface area (Å²) in [7, 11) is 0. The van der Waals surface area contributed by atoms with Gasteiger partial charge >= 0.3 is 0 Å². The van der Waals surface area contributed by atoms with Crippen molar-refractivity contribution in [2.24, 2.45) is 0 Å². The highest BCUT2D eigenvalue weighted by molar-refractivity contribution is 6.16. The van der Waals surface area contributed by atoms with Gasteiger partial charge in [0.1, 0.15) is 5.82 Å². The highest BCUT2D eigenvalue weighted by Gasteiger charge is 2.14. The predicted octanol–water partition coefficient (Wildman–Crippen LogP) is 3.91. The fraction of sp³-hybridized carbons (Fsp3) is 0.0588. The minimum Gasteiger partial charge on any atom is -0.289 e. The van der Waals surface area contributed by atoms with Crippen molar-refractivity contribution >= 4 is 16.7 Å². The van der Waals surface area contributed by atoms with Gasteiger partial charge in [0.2, 0.25) is 0 Å². The lowest BCUT2D eigenvalue weighted by Gasteiger charge is -2.07. The summed E-state index contributed by atoms with van der Waals surface area (Å²) in [5.41, 5.74) is 2.44. The summed E-state index contributed by atoms with van der Waals surface area (Å²) in [6.45, 7) is 1.84. The van der Waals surface area contributed by atoms with Crippen LogP contribution in [0.2, 0.25) is 0 Å². The van der Waals surface area contributed by atoms with Crippen molar-refractivity contribution in [3.05, 3.63) is 77.2 Å². The van der Waals surface area contributed by atoms with E-state index in [4.69, 9.17) is 0 Å². The highest BCUT2D eigenvalue weighted by atomic mass is 19.1. The van der Waals surface area contributed by atoms with Crippen LogP contribution in [0.1, 0.15) is 21.6 Å². The van der Waals surface area contributed by atoms with E-state index < -0.39 is 5.82 Å². The lowest BCUT2D eigenvalue weighted by atomic mass is 9.99. The molecule has 0 fully saturated rings. The minimum absolute atomic E-state index is 0.189. The monoisotopic (exact) mass is 265 g/mol. The van der Waals surface area contributed by atoms with Gasteiger partial charge in [0.25, 0.3) is 0 Å². The molecule has 0 aliphatic rings. The zero-order valence-electron chi connectivity index (χ0n) is 10.9. The van der Waals surface area contributed by atoms with E-state index in [1.807, 2.05) is 31.2 Å². The number of ketones is 1. The van der Waals surface area contributed by atoms with E-state index in [1.165, 1.54) is 12.1 Å². The number of aromatic nitrogens is 1. The molecule has 98 valence electrons. The molecule has 0 atom stereocenters.